The zero-order chi connectivity index (χ0) is 17.7. The van der Waals surface area contributed by atoms with Crippen LogP contribution < -0.4 is 5.32 Å². The summed E-state index contributed by atoms with van der Waals surface area (Å²) in [5, 5.41) is 4.22. The molecule has 1 unspecified atom stereocenters. The number of amides is 1. The number of thioether (sulfide) groups is 1. The number of carbonyl (C=O) groups excluding carboxylic acids is 1. The third-order valence-corrected chi connectivity index (χ3v) is 8.50. The largest absolute Gasteiger partial charge is 0.351 e. The minimum atomic E-state index is -0.0498. The molecule has 1 saturated heterocycles. The highest BCUT2D eigenvalue weighted by Gasteiger charge is 2.49. The molecule has 4 saturated carbocycles. The number of nitrogens with zero attached hydrogens (tertiary/aromatic N) is 1. The Morgan fingerprint density at radius 3 is 2.58 bits per heavy atom. The van der Waals surface area contributed by atoms with Gasteiger partial charge in [0.05, 0.1) is 0 Å². The van der Waals surface area contributed by atoms with Crippen LogP contribution in [0.25, 0.3) is 0 Å². The Morgan fingerprint density at radius 2 is 1.88 bits per heavy atom. The summed E-state index contributed by atoms with van der Waals surface area (Å²) in [4.78, 5) is 15.4. The summed E-state index contributed by atoms with van der Waals surface area (Å²) < 4.78 is 0. The van der Waals surface area contributed by atoms with Crippen molar-refractivity contribution in [3.8, 4) is 0 Å². The van der Waals surface area contributed by atoms with Crippen LogP contribution in [-0.4, -0.2) is 34.5 Å². The molecule has 0 aromatic heterocycles. The van der Waals surface area contributed by atoms with Crippen LogP contribution in [0.2, 0.25) is 5.02 Å². The molecule has 6 rings (SSSR count). The quantitative estimate of drug-likeness (QED) is 0.837. The van der Waals surface area contributed by atoms with E-state index in [0.717, 1.165) is 47.5 Å². The third-order valence-electron chi connectivity index (χ3n) is 7.02. The van der Waals surface area contributed by atoms with Gasteiger partial charge in [-0.1, -0.05) is 23.7 Å². The van der Waals surface area contributed by atoms with Gasteiger partial charge in [-0.25, -0.2) is 0 Å². The molecule has 1 heterocycles. The predicted octanol–water partition coefficient (Wildman–Crippen LogP) is 4.16. The van der Waals surface area contributed by atoms with Crippen molar-refractivity contribution in [1.82, 2.24) is 10.2 Å². The molecule has 1 aromatic carbocycles. The van der Waals surface area contributed by atoms with Gasteiger partial charge < -0.3 is 5.32 Å². The molecule has 1 aliphatic heterocycles. The van der Waals surface area contributed by atoms with E-state index < -0.39 is 0 Å². The van der Waals surface area contributed by atoms with Crippen molar-refractivity contribution in [2.75, 3.05) is 12.3 Å². The first kappa shape index (κ1) is 17.4. The molecule has 0 radical (unpaired) electrons. The first-order chi connectivity index (χ1) is 12.7. The smallest absolute Gasteiger partial charge is 0.247 e. The highest BCUT2D eigenvalue weighted by atomic mass is 35.5. The molecule has 1 aromatic rings. The topological polar surface area (TPSA) is 32.3 Å². The highest BCUT2D eigenvalue weighted by molar-refractivity contribution is 8.00. The van der Waals surface area contributed by atoms with Crippen molar-refractivity contribution in [3.05, 3.63) is 34.9 Å². The zero-order valence-electron chi connectivity index (χ0n) is 15.1. The molecule has 1 N–H and O–H groups in total. The van der Waals surface area contributed by atoms with Crippen LogP contribution in [0.1, 0.15) is 37.7 Å². The fourth-order valence-corrected chi connectivity index (χ4v) is 7.56. The van der Waals surface area contributed by atoms with Crippen LogP contribution in [0.3, 0.4) is 0 Å². The third kappa shape index (κ3) is 3.29. The zero-order valence-corrected chi connectivity index (χ0v) is 16.6. The Labute approximate surface area is 165 Å². The van der Waals surface area contributed by atoms with Crippen LogP contribution in [-0.2, 0) is 11.3 Å². The van der Waals surface area contributed by atoms with Crippen LogP contribution in [0.4, 0.5) is 0 Å². The summed E-state index contributed by atoms with van der Waals surface area (Å²) >= 11 is 7.91. The van der Waals surface area contributed by atoms with Crippen LogP contribution in [0.15, 0.2) is 24.3 Å². The number of nitrogens with one attached hydrogen (secondary N) is 1. The Balaban J connectivity index is 1.25. The summed E-state index contributed by atoms with van der Waals surface area (Å²) in [5.74, 6) is 4.65. The lowest BCUT2D eigenvalue weighted by molar-refractivity contribution is -0.127. The maximum absolute atomic E-state index is 13.1. The van der Waals surface area contributed by atoms with Gasteiger partial charge in [-0.3, -0.25) is 9.69 Å². The van der Waals surface area contributed by atoms with E-state index in [1.54, 1.807) is 11.8 Å². The number of benzene rings is 1. The number of hydrogen-bond donors (Lipinski definition) is 1. The second kappa shape index (κ2) is 7.03. The second-order valence-corrected chi connectivity index (χ2v) is 10.4. The first-order valence-corrected chi connectivity index (χ1v) is 11.5. The van der Waals surface area contributed by atoms with E-state index in [-0.39, 0.29) is 11.3 Å². The summed E-state index contributed by atoms with van der Waals surface area (Å²) in [6, 6.07) is 8.44. The Morgan fingerprint density at radius 1 is 1.15 bits per heavy atom. The second-order valence-electron chi connectivity index (χ2n) is 8.79. The standard InChI is InChI=1S/C21H27ClN2OS/c22-18-3-1-2-13(11-18)12-24-4-5-26-21(24)20(25)23-19-16-7-14-6-15(9-16)10-17(19)8-14/h1-3,11,14-17,19,21H,4-10,12H2,(H,23,25). The van der Waals surface area contributed by atoms with Gasteiger partial charge in [0.2, 0.25) is 5.91 Å². The number of halogens is 1. The van der Waals surface area contributed by atoms with E-state index in [0.29, 0.717) is 6.04 Å². The van der Waals surface area contributed by atoms with Crippen molar-refractivity contribution >= 4 is 29.3 Å². The lowest BCUT2D eigenvalue weighted by Gasteiger charge is -2.54. The van der Waals surface area contributed by atoms with Crippen LogP contribution in [0.5, 0.6) is 0 Å². The number of rotatable bonds is 4. The molecule has 4 bridgehead atoms. The van der Waals surface area contributed by atoms with Gasteiger partial charge >= 0.3 is 0 Å². The molecule has 3 nitrogen and oxygen atoms in total. The number of carbonyl (C=O) groups is 1. The monoisotopic (exact) mass is 390 g/mol. The lowest BCUT2D eigenvalue weighted by atomic mass is 9.54. The van der Waals surface area contributed by atoms with E-state index in [1.807, 2.05) is 18.2 Å². The van der Waals surface area contributed by atoms with Gasteiger partial charge in [-0.2, -0.15) is 0 Å². The SMILES string of the molecule is O=C(NC1C2CC3CC(C2)CC1C3)C1SCCN1Cc1cccc(Cl)c1. The summed E-state index contributed by atoms with van der Waals surface area (Å²) in [7, 11) is 0. The van der Waals surface area contributed by atoms with Gasteiger partial charge in [-0.15, -0.1) is 11.8 Å². The van der Waals surface area contributed by atoms with E-state index >= 15 is 0 Å². The summed E-state index contributed by atoms with van der Waals surface area (Å²) in [6.45, 7) is 1.77. The molecule has 5 fully saturated rings. The molecule has 1 amide bonds. The van der Waals surface area contributed by atoms with Crippen LogP contribution in [0, 0.1) is 23.7 Å². The van der Waals surface area contributed by atoms with Gasteiger partial charge in [0.25, 0.3) is 0 Å². The molecule has 1 atom stereocenters. The fraction of sp³-hybridized carbons (Fsp3) is 0.667. The predicted molar refractivity (Wildman–Crippen MR) is 107 cm³/mol. The Hall–Kier alpha value is -0.710. The average Bonchev–Trinajstić information content (AvgIpc) is 3.05. The summed E-state index contributed by atoms with van der Waals surface area (Å²) in [5.41, 5.74) is 1.19. The molecule has 4 aliphatic carbocycles. The summed E-state index contributed by atoms with van der Waals surface area (Å²) in [6.07, 6.45) is 6.85. The van der Waals surface area contributed by atoms with E-state index in [9.17, 15) is 4.79 Å². The van der Waals surface area contributed by atoms with Crippen molar-refractivity contribution in [1.29, 1.82) is 0 Å². The minimum Gasteiger partial charge on any atom is -0.351 e. The van der Waals surface area contributed by atoms with Gasteiger partial charge in [0, 0.05) is 29.9 Å². The first-order valence-electron chi connectivity index (χ1n) is 10.1. The molecule has 0 spiro atoms. The lowest BCUT2D eigenvalue weighted by Crippen LogP contribution is -2.58. The van der Waals surface area contributed by atoms with Crippen molar-refractivity contribution in [2.45, 2.75) is 50.1 Å². The van der Waals surface area contributed by atoms with Crippen molar-refractivity contribution in [2.24, 2.45) is 23.7 Å². The van der Waals surface area contributed by atoms with E-state index in [1.165, 1.54) is 37.7 Å². The molecule has 140 valence electrons. The van der Waals surface area contributed by atoms with Gasteiger partial charge in [0.15, 0.2) is 0 Å². The van der Waals surface area contributed by atoms with Crippen molar-refractivity contribution in [3.63, 3.8) is 0 Å². The molecule has 5 heteroatoms. The molecular formula is C21H27ClN2OS. The van der Waals surface area contributed by atoms with Crippen molar-refractivity contribution < 1.29 is 4.79 Å². The fourth-order valence-electron chi connectivity index (χ4n) is 6.17. The highest BCUT2D eigenvalue weighted by Crippen LogP contribution is 2.53. The van der Waals surface area contributed by atoms with Gasteiger partial charge in [-0.05, 0) is 73.5 Å². The maximum atomic E-state index is 13.1. The van der Waals surface area contributed by atoms with Gasteiger partial charge in [0.1, 0.15) is 5.37 Å². The van der Waals surface area contributed by atoms with Crippen LogP contribution >= 0.6 is 23.4 Å². The Kier molecular flexibility index (Phi) is 4.70. The Bertz CT molecular complexity index is 668. The minimum absolute atomic E-state index is 0.0498. The molecular weight excluding hydrogens is 364 g/mol. The van der Waals surface area contributed by atoms with E-state index in [2.05, 4.69) is 16.3 Å². The molecule has 5 aliphatic rings. The normalized spacial score (nSPS) is 38.7. The van der Waals surface area contributed by atoms with E-state index in [4.69, 9.17) is 11.6 Å². The average molecular weight is 391 g/mol. The number of hydrogen-bond acceptors (Lipinski definition) is 3. The maximum Gasteiger partial charge on any atom is 0.247 e. The molecule has 26 heavy (non-hydrogen) atoms.